The number of urea groups is 4. The van der Waals surface area contributed by atoms with Crippen molar-refractivity contribution in [3.63, 3.8) is 0 Å². The molecule has 4 fully saturated rings. The number of benzene rings is 5. The Labute approximate surface area is 696 Å². The van der Waals surface area contributed by atoms with Gasteiger partial charge in [0.25, 0.3) is 47.3 Å². The van der Waals surface area contributed by atoms with Gasteiger partial charge >= 0.3 is 30.1 Å². The number of carbonyl (C=O) groups is 13. The number of furan rings is 1. The Morgan fingerprint density at radius 3 is 1.25 bits per heavy atom. The van der Waals surface area contributed by atoms with Gasteiger partial charge in [-0.15, -0.1) is 0 Å². The van der Waals surface area contributed by atoms with Crippen LogP contribution in [0, 0.1) is 54.3 Å². The second-order valence-corrected chi connectivity index (χ2v) is 29.6. The number of rotatable bonds is 14. The third-order valence-electron chi connectivity index (χ3n) is 20.8. The largest absolute Gasteiger partial charge is 0.497 e. The molecule has 0 radical (unpaired) electrons. The average molecular weight is 1670 g/mol. The highest BCUT2D eigenvalue weighted by Crippen LogP contribution is 2.35. The van der Waals surface area contributed by atoms with E-state index in [1.165, 1.54) is 83.9 Å². The number of fused-ring (bicyclic) bond motifs is 5. The zero-order chi connectivity index (χ0) is 86.9. The number of amides is 16. The number of ether oxygens (including phenoxy) is 4. The molecule has 12 heterocycles. The molecule has 4 atom stereocenters. The van der Waals surface area contributed by atoms with Crippen LogP contribution in [0.3, 0.4) is 0 Å². The van der Waals surface area contributed by atoms with E-state index in [1.54, 1.807) is 84.5 Å². The number of imide groups is 4. The predicted octanol–water partition coefficient (Wildman–Crippen LogP) is 3.19. The van der Waals surface area contributed by atoms with Crippen molar-refractivity contribution in [2.45, 2.75) is 68.6 Å². The van der Waals surface area contributed by atoms with Gasteiger partial charge in [0.2, 0.25) is 27.9 Å². The molecule has 0 aliphatic carbocycles. The highest BCUT2D eigenvalue weighted by atomic mass is 32.1. The van der Waals surface area contributed by atoms with E-state index < -0.39 is 75.9 Å². The minimum atomic E-state index is -1.71. The van der Waals surface area contributed by atoms with Crippen molar-refractivity contribution in [2.75, 3.05) is 66.1 Å². The molecule has 16 amide bonds. The molecule has 8 aliphatic rings. The Balaban J connectivity index is 0.000000133. The standard InChI is InChI=1S/C24H21N5O4S.C20H19N5O4.C20H17N5O4.C20H15N3O7/c1-3-14-8-13(9-18-19(14)26-22(25)34-18)6-7-24(21(31)27-23(32)28-24)12-29-11-15-4-5-16(33-2)10-17(15)20(29)30;1-12-21-9-14(24(12)2)6-7-20(18(27)22-19(28)23-20)11-25-10-13-4-5-15(29-3)8-16(13)17(25)26;1-29-14-3-2-13-10-25(17(26)15(13)8-14)11-20(18(27)23-19(28)24-20)6-4-12-9-22-7-5-16(12)21;1-29-13-3-2-11-9-23(16(24)14(11)8-13)10-20(18(27)21-19(28)22-20)7-6-12-4-5-15(30-12)17(25)26/h4-5,8-10H,3,11-12H2,1-2H3,(H2,25,26)(H2,27,28,31,32);4-5,8-9H,10-11H2,1-3H3,(H2,22,23,27,28);2-3,5,7-9H,10-11H2,1H3,(H2,21,22)(H2,23,24,27,28);2-5,8H,9-10H2,1H3,(H,25,26)(H2,21,22,27,28)/t24-;3*20-/m1111/s1. The number of aryl methyl sites for hydroxylation is 2. The van der Waals surface area contributed by atoms with Crippen molar-refractivity contribution in [3.05, 3.63) is 206 Å². The predicted molar refractivity (Wildman–Crippen MR) is 432 cm³/mol. The summed E-state index contributed by atoms with van der Waals surface area (Å²) >= 11 is 1.36. The number of hydrogen-bond acceptors (Lipinski definition) is 24. The molecule has 0 saturated carbocycles. The lowest BCUT2D eigenvalue weighted by molar-refractivity contribution is -0.123. The van der Waals surface area contributed by atoms with Crippen molar-refractivity contribution in [1.82, 2.24) is 81.7 Å². The van der Waals surface area contributed by atoms with Crippen LogP contribution < -0.4 is 72.9 Å². The molecule has 5 aromatic carbocycles. The number of nitrogens with zero attached hydrogens (tertiary/aromatic N) is 8. The Bertz CT molecular complexity index is 6310. The van der Waals surface area contributed by atoms with E-state index in [0.717, 1.165) is 50.3 Å². The van der Waals surface area contributed by atoms with Gasteiger partial charge in [-0.05, 0) is 132 Å². The number of aromatic carboxylic acids is 1. The van der Waals surface area contributed by atoms with E-state index in [4.69, 9.17) is 39.9 Å². The number of carboxylic acid groups (broad SMARTS) is 1. The molecule has 38 heteroatoms. The average Bonchev–Trinajstić information content (AvgIpc) is 1.63. The number of imidazole rings is 1. The number of nitrogen functional groups attached to an aromatic ring is 2. The first-order chi connectivity index (χ1) is 58.4. The molecule has 122 heavy (non-hydrogen) atoms. The van der Waals surface area contributed by atoms with Crippen LogP contribution in [0.1, 0.15) is 115 Å². The molecule has 9 aromatic rings. The van der Waals surface area contributed by atoms with Crippen LogP contribution in [-0.2, 0) is 58.8 Å². The van der Waals surface area contributed by atoms with Crippen LogP contribution in [0.15, 0.2) is 126 Å². The maximum Gasteiger partial charge on any atom is 0.371 e. The van der Waals surface area contributed by atoms with Crippen LogP contribution in [0.2, 0.25) is 0 Å². The molecule has 0 unspecified atom stereocenters. The lowest BCUT2D eigenvalue weighted by Crippen LogP contribution is -2.54. The molecule has 0 bridgehead atoms. The Morgan fingerprint density at radius 2 is 0.910 bits per heavy atom. The fourth-order valence-corrected chi connectivity index (χ4v) is 15.1. The van der Waals surface area contributed by atoms with Gasteiger partial charge < -0.3 is 85.4 Å². The molecule has 0 spiro atoms. The minimum absolute atomic E-state index is 0.00138. The molecule has 37 nitrogen and oxygen atoms in total. The minimum Gasteiger partial charge on any atom is -0.497 e. The van der Waals surface area contributed by atoms with E-state index in [-0.39, 0.29) is 67.9 Å². The van der Waals surface area contributed by atoms with Crippen molar-refractivity contribution in [3.8, 4) is 70.4 Å². The van der Waals surface area contributed by atoms with Gasteiger partial charge in [-0.1, -0.05) is 78.0 Å². The third kappa shape index (κ3) is 16.4. The molecular formula is C84H72N18O19S. The normalized spacial score (nSPS) is 19.6. The summed E-state index contributed by atoms with van der Waals surface area (Å²) in [5, 5.41) is 28.4. The third-order valence-corrected chi connectivity index (χ3v) is 21.6. The number of carbonyl (C=O) groups excluding carboxylic acids is 12. The SMILES string of the molecule is CCc1cc(C#C[C@]2(CN3Cc4ccc(OC)cc4C3=O)NC(=O)NC2=O)cc2sc(N)nc12.COc1ccc2c(c1)C(=O)N(C[C@@]1(C#Cc3ccc(C(=O)O)o3)NC(=O)NC1=O)C2.COc1ccc2c(c1)C(=O)N(C[C@@]1(C#Cc3cnc(C)n3C)NC(=O)NC1=O)C2.COc1ccc2c(c1)C(=O)N(C[C@@]1(C#Cc3cnccc3N)NC(=O)NC1=O)C2. The lowest BCUT2D eigenvalue weighted by atomic mass is 9.98. The number of anilines is 2. The summed E-state index contributed by atoms with van der Waals surface area (Å²) in [5.41, 5.74) is 14.4. The second kappa shape index (κ2) is 33.1. The topological polar surface area (TPSA) is 497 Å². The zero-order valence-corrected chi connectivity index (χ0v) is 66.7. The van der Waals surface area contributed by atoms with Crippen molar-refractivity contribution >= 4 is 110 Å². The summed E-state index contributed by atoms with van der Waals surface area (Å²) in [7, 11) is 7.88. The first-order valence-corrected chi connectivity index (χ1v) is 37.9. The van der Waals surface area contributed by atoms with E-state index in [1.807, 2.05) is 38.1 Å². The highest BCUT2D eigenvalue weighted by Gasteiger charge is 2.53. The van der Waals surface area contributed by atoms with Crippen LogP contribution in [0.25, 0.3) is 10.2 Å². The molecule has 13 N–H and O–H groups in total. The summed E-state index contributed by atoms with van der Waals surface area (Å²) in [6, 6.07) is 26.0. The lowest BCUT2D eigenvalue weighted by Gasteiger charge is -2.26. The fraction of sp³-hybridized carbons (Fsp3) is 0.238. The van der Waals surface area contributed by atoms with E-state index in [9.17, 15) is 62.3 Å². The highest BCUT2D eigenvalue weighted by molar-refractivity contribution is 7.22. The quantitative estimate of drug-likeness (QED) is 0.0550. The Kier molecular flexibility index (Phi) is 22.3. The molecule has 8 aliphatic heterocycles. The Morgan fingerprint density at radius 1 is 0.516 bits per heavy atom. The molecule has 17 rings (SSSR count). The van der Waals surface area contributed by atoms with Gasteiger partial charge in [-0.2, -0.15) is 0 Å². The number of nitrogens with one attached hydrogen (secondary N) is 8. The maximum atomic E-state index is 13.0. The monoisotopic (exact) mass is 1670 g/mol. The number of hydrogen-bond donors (Lipinski definition) is 11. The van der Waals surface area contributed by atoms with Crippen LogP contribution in [-0.4, -0.2) is 198 Å². The molecule has 4 aromatic heterocycles. The van der Waals surface area contributed by atoms with Gasteiger partial charge in [0.1, 0.15) is 34.5 Å². The van der Waals surface area contributed by atoms with Crippen molar-refractivity contribution in [1.29, 1.82) is 0 Å². The Hall–Kier alpha value is -16.2. The molecule has 618 valence electrons. The van der Waals surface area contributed by atoms with Crippen LogP contribution >= 0.6 is 11.3 Å². The molecular weight excluding hydrogens is 1600 g/mol. The van der Waals surface area contributed by atoms with E-state index >= 15 is 0 Å². The van der Waals surface area contributed by atoms with Crippen molar-refractivity contribution in [2.24, 2.45) is 7.05 Å². The van der Waals surface area contributed by atoms with Crippen LogP contribution in [0.5, 0.6) is 23.0 Å². The first kappa shape index (κ1) is 82.3. The number of thiazole rings is 1. The van der Waals surface area contributed by atoms with Gasteiger partial charge in [-0.3, -0.25) is 64.6 Å². The zero-order valence-electron chi connectivity index (χ0n) is 65.8. The smallest absolute Gasteiger partial charge is 0.371 e. The van der Waals surface area contributed by atoms with Crippen molar-refractivity contribution < 1.29 is 90.8 Å². The summed E-state index contributed by atoms with van der Waals surface area (Å²) in [5.74, 6) is 20.4. The summed E-state index contributed by atoms with van der Waals surface area (Å²) in [4.78, 5) is 179. The summed E-state index contributed by atoms with van der Waals surface area (Å²) in [6.45, 7) is 4.49. The maximum absolute atomic E-state index is 13.0. The number of methoxy groups -OCH3 is 4. The summed E-state index contributed by atoms with van der Waals surface area (Å²) < 4.78 is 28.5. The number of pyridine rings is 1. The number of carboxylic acids is 1. The summed E-state index contributed by atoms with van der Waals surface area (Å²) in [6.07, 6.45) is 5.32. The van der Waals surface area contributed by atoms with E-state index in [0.29, 0.717) is 92.5 Å². The van der Waals surface area contributed by atoms with Gasteiger partial charge in [-0.25, -0.2) is 33.9 Å². The number of aromatic nitrogens is 4. The van der Waals surface area contributed by atoms with Gasteiger partial charge in [0, 0.05) is 73.4 Å². The number of nitrogens with two attached hydrogens (primary N) is 2. The van der Waals surface area contributed by atoms with Crippen LogP contribution in [0.4, 0.5) is 30.0 Å². The first-order valence-electron chi connectivity index (χ1n) is 37.1. The fourth-order valence-electron chi connectivity index (χ4n) is 14.2. The van der Waals surface area contributed by atoms with Gasteiger partial charge in [0.05, 0.1) is 82.3 Å². The molecule has 4 saturated heterocycles. The second-order valence-electron chi connectivity index (χ2n) is 28.6. The van der Waals surface area contributed by atoms with Gasteiger partial charge in [0.15, 0.2) is 10.9 Å². The van der Waals surface area contributed by atoms with E-state index in [2.05, 4.69) is 105 Å².